The summed E-state index contributed by atoms with van der Waals surface area (Å²) in [4.78, 5) is 5.27. The van der Waals surface area contributed by atoms with E-state index < -0.39 is 0 Å². The lowest BCUT2D eigenvalue weighted by atomic mass is 9.93. The van der Waals surface area contributed by atoms with Crippen molar-refractivity contribution in [2.24, 2.45) is 5.73 Å². The first-order chi connectivity index (χ1) is 9.25. The maximum atomic E-state index is 6.06. The van der Waals surface area contributed by atoms with E-state index in [4.69, 9.17) is 10.5 Å². The van der Waals surface area contributed by atoms with Crippen LogP contribution < -0.4 is 5.73 Å². The molecule has 2 aliphatic rings. The molecule has 1 saturated heterocycles. The van der Waals surface area contributed by atoms with E-state index in [9.17, 15) is 0 Å². The molecular formula is C15H31N3O. The SMILES string of the molecule is CCC(CN)(COC)N1CCN(C2CCCC2)CC1. The maximum Gasteiger partial charge on any atom is 0.0658 e. The summed E-state index contributed by atoms with van der Waals surface area (Å²) >= 11 is 0. The van der Waals surface area contributed by atoms with Gasteiger partial charge in [-0.25, -0.2) is 0 Å². The smallest absolute Gasteiger partial charge is 0.0658 e. The zero-order valence-electron chi connectivity index (χ0n) is 12.7. The first-order valence-corrected chi connectivity index (χ1v) is 7.94. The molecular weight excluding hydrogens is 238 g/mol. The Bertz CT molecular complexity index is 254. The zero-order chi connectivity index (χ0) is 13.7. The van der Waals surface area contributed by atoms with Crippen molar-refractivity contribution >= 4 is 0 Å². The van der Waals surface area contributed by atoms with Crippen molar-refractivity contribution in [3.8, 4) is 0 Å². The number of hydrogen-bond donors (Lipinski definition) is 1. The molecule has 112 valence electrons. The van der Waals surface area contributed by atoms with Gasteiger partial charge in [-0.3, -0.25) is 9.80 Å². The lowest BCUT2D eigenvalue weighted by Gasteiger charge is -2.47. The summed E-state index contributed by atoms with van der Waals surface area (Å²) in [5.41, 5.74) is 6.11. The van der Waals surface area contributed by atoms with Crippen LogP contribution in [0.4, 0.5) is 0 Å². The highest BCUT2D eigenvalue weighted by Gasteiger charge is 2.37. The van der Waals surface area contributed by atoms with Crippen LogP contribution in [0.5, 0.6) is 0 Å². The number of nitrogens with zero attached hydrogens (tertiary/aromatic N) is 2. The minimum absolute atomic E-state index is 0.0521. The molecule has 0 spiro atoms. The van der Waals surface area contributed by atoms with Gasteiger partial charge in [-0.1, -0.05) is 19.8 Å². The van der Waals surface area contributed by atoms with Crippen molar-refractivity contribution < 1.29 is 4.74 Å². The van der Waals surface area contributed by atoms with Gasteiger partial charge in [0, 0.05) is 45.9 Å². The van der Waals surface area contributed by atoms with Gasteiger partial charge in [0.25, 0.3) is 0 Å². The Morgan fingerprint density at radius 1 is 1.16 bits per heavy atom. The standard InChI is InChI=1S/C15H31N3O/c1-3-15(12-16,13-19-2)18-10-8-17(9-11-18)14-6-4-5-7-14/h14H,3-13,16H2,1-2H3. The van der Waals surface area contributed by atoms with Gasteiger partial charge in [-0.2, -0.15) is 0 Å². The van der Waals surface area contributed by atoms with E-state index in [1.165, 1.54) is 38.8 Å². The fourth-order valence-electron chi connectivity index (χ4n) is 3.85. The van der Waals surface area contributed by atoms with Gasteiger partial charge in [0.2, 0.25) is 0 Å². The predicted octanol–water partition coefficient (Wildman–Crippen LogP) is 1.30. The van der Waals surface area contributed by atoms with E-state index in [-0.39, 0.29) is 5.54 Å². The summed E-state index contributed by atoms with van der Waals surface area (Å²) < 4.78 is 5.43. The van der Waals surface area contributed by atoms with Gasteiger partial charge in [0.05, 0.1) is 12.1 Å². The number of ether oxygens (including phenoxy) is 1. The van der Waals surface area contributed by atoms with Crippen molar-refractivity contribution in [2.75, 3.05) is 46.4 Å². The van der Waals surface area contributed by atoms with Crippen LogP contribution in [0.25, 0.3) is 0 Å². The molecule has 1 unspecified atom stereocenters. The molecule has 1 atom stereocenters. The molecule has 0 bridgehead atoms. The van der Waals surface area contributed by atoms with Gasteiger partial charge < -0.3 is 10.5 Å². The third-order valence-electron chi connectivity index (χ3n) is 5.28. The highest BCUT2D eigenvalue weighted by Crippen LogP contribution is 2.27. The number of hydrogen-bond acceptors (Lipinski definition) is 4. The van der Waals surface area contributed by atoms with Crippen molar-refractivity contribution in [2.45, 2.75) is 50.6 Å². The average Bonchev–Trinajstić information content (AvgIpc) is 2.99. The van der Waals surface area contributed by atoms with Crippen LogP contribution in [0.1, 0.15) is 39.0 Å². The Morgan fingerprint density at radius 2 is 1.79 bits per heavy atom. The van der Waals surface area contributed by atoms with Crippen molar-refractivity contribution in [3.63, 3.8) is 0 Å². The molecule has 4 nitrogen and oxygen atoms in total. The van der Waals surface area contributed by atoms with Crippen molar-refractivity contribution in [3.05, 3.63) is 0 Å². The van der Waals surface area contributed by atoms with Crippen LogP contribution in [0.15, 0.2) is 0 Å². The molecule has 1 aliphatic carbocycles. The van der Waals surface area contributed by atoms with E-state index in [1.807, 2.05) is 0 Å². The summed E-state index contributed by atoms with van der Waals surface area (Å²) in [5, 5.41) is 0. The summed E-state index contributed by atoms with van der Waals surface area (Å²) in [6.07, 6.45) is 6.75. The Balaban J connectivity index is 1.89. The molecule has 19 heavy (non-hydrogen) atoms. The van der Waals surface area contributed by atoms with Gasteiger partial charge in [0.15, 0.2) is 0 Å². The number of piperazine rings is 1. The molecule has 2 N–H and O–H groups in total. The summed E-state index contributed by atoms with van der Waals surface area (Å²) in [7, 11) is 1.79. The molecule has 0 aromatic rings. The largest absolute Gasteiger partial charge is 0.383 e. The van der Waals surface area contributed by atoms with Crippen LogP contribution in [-0.2, 0) is 4.74 Å². The summed E-state index contributed by atoms with van der Waals surface area (Å²) in [5.74, 6) is 0. The van der Waals surface area contributed by atoms with Crippen LogP contribution in [0, 0.1) is 0 Å². The molecule has 4 heteroatoms. The Labute approximate surface area is 118 Å². The average molecular weight is 269 g/mol. The van der Waals surface area contributed by atoms with Crippen LogP contribution in [0.3, 0.4) is 0 Å². The van der Waals surface area contributed by atoms with Crippen LogP contribution in [-0.4, -0.2) is 67.8 Å². The molecule has 0 amide bonds. The number of methoxy groups -OCH3 is 1. The van der Waals surface area contributed by atoms with Gasteiger partial charge >= 0.3 is 0 Å². The minimum atomic E-state index is 0.0521. The molecule has 1 saturated carbocycles. The highest BCUT2D eigenvalue weighted by atomic mass is 16.5. The van der Waals surface area contributed by atoms with E-state index in [0.717, 1.165) is 32.2 Å². The fraction of sp³-hybridized carbons (Fsp3) is 1.00. The van der Waals surface area contributed by atoms with Gasteiger partial charge in [-0.15, -0.1) is 0 Å². The van der Waals surface area contributed by atoms with E-state index in [2.05, 4.69) is 16.7 Å². The van der Waals surface area contributed by atoms with E-state index >= 15 is 0 Å². The van der Waals surface area contributed by atoms with E-state index in [0.29, 0.717) is 6.54 Å². The van der Waals surface area contributed by atoms with Gasteiger partial charge in [0.1, 0.15) is 0 Å². The molecule has 2 fully saturated rings. The van der Waals surface area contributed by atoms with Crippen LogP contribution in [0.2, 0.25) is 0 Å². The second kappa shape index (κ2) is 7.02. The minimum Gasteiger partial charge on any atom is -0.383 e. The second-order valence-corrected chi connectivity index (χ2v) is 6.18. The van der Waals surface area contributed by atoms with Crippen LogP contribution >= 0.6 is 0 Å². The third-order valence-corrected chi connectivity index (χ3v) is 5.28. The fourth-order valence-corrected chi connectivity index (χ4v) is 3.85. The zero-order valence-corrected chi connectivity index (χ0v) is 12.7. The molecule has 0 radical (unpaired) electrons. The maximum absolute atomic E-state index is 6.06. The number of nitrogens with two attached hydrogens (primary N) is 1. The van der Waals surface area contributed by atoms with Crippen molar-refractivity contribution in [1.82, 2.24) is 9.80 Å². The lowest BCUT2D eigenvalue weighted by molar-refractivity contribution is -0.0230. The summed E-state index contributed by atoms with van der Waals surface area (Å²) in [6.45, 7) is 8.38. The lowest BCUT2D eigenvalue weighted by Crippen LogP contribution is -2.62. The monoisotopic (exact) mass is 269 g/mol. The first kappa shape index (κ1) is 15.2. The Morgan fingerprint density at radius 3 is 2.26 bits per heavy atom. The molecule has 1 heterocycles. The molecule has 0 aromatic heterocycles. The first-order valence-electron chi connectivity index (χ1n) is 7.94. The highest BCUT2D eigenvalue weighted by molar-refractivity contribution is 4.94. The normalized spacial score (nSPS) is 26.7. The third kappa shape index (κ3) is 3.30. The molecule has 0 aromatic carbocycles. The Kier molecular flexibility index (Phi) is 5.63. The predicted molar refractivity (Wildman–Crippen MR) is 79.4 cm³/mol. The topological polar surface area (TPSA) is 41.7 Å². The quantitative estimate of drug-likeness (QED) is 0.789. The molecule has 2 rings (SSSR count). The second-order valence-electron chi connectivity index (χ2n) is 6.18. The summed E-state index contributed by atoms with van der Waals surface area (Å²) in [6, 6.07) is 0.860. The molecule has 1 aliphatic heterocycles. The van der Waals surface area contributed by atoms with Crippen molar-refractivity contribution in [1.29, 1.82) is 0 Å². The van der Waals surface area contributed by atoms with Gasteiger partial charge in [-0.05, 0) is 19.3 Å². The van der Waals surface area contributed by atoms with E-state index in [1.54, 1.807) is 7.11 Å². The number of rotatable bonds is 6. The Hall–Kier alpha value is -0.160.